The van der Waals surface area contributed by atoms with Gasteiger partial charge >= 0.3 is 0 Å². The van der Waals surface area contributed by atoms with Crippen molar-refractivity contribution in [2.24, 2.45) is 0 Å². The largest absolute Gasteiger partial charge is 0.236 e. The van der Waals surface area contributed by atoms with E-state index in [1.54, 1.807) is 6.07 Å². The Morgan fingerprint density at radius 2 is 1.90 bits per heavy atom. The van der Waals surface area contributed by atoms with Crippen LogP contribution < -0.4 is 0 Å². The minimum absolute atomic E-state index is 0.313. The van der Waals surface area contributed by atoms with Gasteiger partial charge in [0, 0.05) is 25.5 Å². The Balaban J connectivity index is 2.14. The van der Waals surface area contributed by atoms with E-state index in [9.17, 15) is 4.39 Å². The molecule has 1 heterocycles. The predicted octanol–water partition coefficient (Wildman–Crippen LogP) is 6.34. The number of aryl methyl sites for hydroxylation is 1. The summed E-state index contributed by atoms with van der Waals surface area (Å²) < 4.78 is 14.9. The van der Waals surface area contributed by atoms with Gasteiger partial charge in [-0.1, -0.05) is 45.7 Å². The lowest BCUT2D eigenvalue weighted by Gasteiger charge is -2.02. The number of hydrogen-bond donors (Lipinski definition) is 0. The molecule has 106 valence electrons. The molecule has 0 atom stereocenters. The monoisotopic (exact) mass is 381 g/mol. The van der Waals surface area contributed by atoms with Crippen molar-refractivity contribution in [1.82, 2.24) is 4.98 Å². The Morgan fingerprint density at radius 3 is 2.67 bits per heavy atom. The third-order valence-electron chi connectivity index (χ3n) is 3.08. The van der Waals surface area contributed by atoms with Crippen LogP contribution in [-0.4, -0.2) is 4.98 Å². The standard InChI is InChI=1S/C16H10BrClFNS/c1-9-15(11-4-2-3-5-13(11)17)20-16(21-9)12-8-10(18)6-7-14(12)19/h2-8H,1H3. The second-order valence-corrected chi connectivity index (χ2v) is 7.02. The number of halogens is 3. The van der Waals surface area contributed by atoms with Gasteiger partial charge in [0.05, 0.1) is 5.69 Å². The molecule has 0 aliphatic rings. The Bertz CT molecular complexity index is 816. The van der Waals surface area contributed by atoms with E-state index in [1.165, 1.54) is 23.5 Å². The van der Waals surface area contributed by atoms with Crippen molar-refractivity contribution in [3.8, 4) is 21.8 Å². The summed E-state index contributed by atoms with van der Waals surface area (Å²) in [6, 6.07) is 12.4. The van der Waals surface area contributed by atoms with Crippen LogP contribution in [0.5, 0.6) is 0 Å². The van der Waals surface area contributed by atoms with Gasteiger partial charge in [-0.3, -0.25) is 0 Å². The molecule has 2 aromatic carbocycles. The van der Waals surface area contributed by atoms with Gasteiger partial charge in [-0.15, -0.1) is 11.3 Å². The van der Waals surface area contributed by atoms with E-state index in [0.717, 1.165) is 20.6 Å². The van der Waals surface area contributed by atoms with Crippen molar-refractivity contribution < 1.29 is 4.39 Å². The lowest BCUT2D eigenvalue weighted by atomic mass is 10.1. The minimum atomic E-state index is -0.313. The molecule has 1 nitrogen and oxygen atoms in total. The fraction of sp³-hybridized carbons (Fsp3) is 0.0625. The zero-order valence-corrected chi connectivity index (χ0v) is 14.2. The number of hydrogen-bond acceptors (Lipinski definition) is 2. The molecule has 3 aromatic rings. The van der Waals surface area contributed by atoms with Crippen molar-refractivity contribution in [2.45, 2.75) is 6.92 Å². The van der Waals surface area contributed by atoms with Crippen LogP contribution in [0.3, 0.4) is 0 Å². The van der Waals surface area contributed by atoms with Gasteiger partial charge in [0.25, 0.3) is 0 Å². The van der Waals surface area contributed by atoms with Crippen LogP contribution in [0.4, 0.5) is 4.39 Å². The third-order valence-corrected chi connectivity index (χ3v) is 5.02. The fourth-order valence-electron chi connectivity index (χ4n) is 2.08. The Hall–Kier alpha value is -1.23. The molecular weight excluding hydrogens is 373 g/mol. The van der Waals surface area contributed by atoms with E-state index in [2.05, 4.69) is 20.9 Å². The highest BCUT2D eigenvalue weighted by Crippen LogP contribution is 2.37. The zero-order valence-electron chi connectivity index (χ0n) is 11.0. The molecule has 0 bridgehead atoms. The molecule has 0 saturated carbocycles. The molecule has 0 amide bonds. The zero-order chi connectivity index (χ0) is 15.0. The maximum absolute atomic E-state index is 14.0. The molecule has 0 aliphatic carbocycles. The van der Waals surface area contributed by atoms with Crippen LogP contribution in [0, 0.1) is 12.7 Å². The third kappa shape index (κ3) is 2.89. The minimum Gasteiger partial charge on any atom is -0.236 e. The highest BCUT2D eigenvalue weighted by atomic mass is 79.9. The molecule has 0 spiro atoms. The first-order valence-corrected chi connectivity index (χ1v) is 8.23. The normalized spacial score (nSPS) is 10.9. The quantitative estimate of drug-likeness (QED) is 0.504. The summed E-state index contributed by atoms with van der Waals surface area (Å²) in [5.74, 6) is -0.313. The van der Waals surface area contributed by atoms with Crippen LogP contribution in [0.15, 0.2) is 46.9 Å². The second-order valence-electron chi connectivity index (χ2n) is 4.53. The molecule has 0 aliphatic heterocycles. The van der Waals surface area contributed by atoms with E-state index >= 15 is 0 Å². The Morgan fingerprint density at radius 1 is 1.14 bits per heavy atom. The predicted molar refractivity (Wildman–Crippen MR) is 90.4 cm³/mol. The summed E-state index contributed by atoms with van der Waals surface area (Å²) in [5.41, 5.74) is 2.30. The first-order valence-electron chi connectivity index (χ1n) is 6.24. The van der Waals surface area contributed by atoms with Gasteiger partial charge in [0.15, 0.2) is 0 Å². The number of benzene rings is 2. The lowest BCUT2D eigenvalue weighted by Crippen LogP contribution is -1.85. The van der Waals surface area contributed by atoms with Gasteiger partial charge in [0.1, 0.15) is 10.8 Å². The Kier molecular flexibility index (Phi) is 4.11. The lowest BCUT2D eigenvalue weighted by molar-refractivity contribution is 0.631. The van der Waals surface area contributed by atoms with Gasteiger partial charge in [-0.2, -0.15) is 0 Å². The second kappa shape index (κ2) is 5.87. The topological polar surface area (TPSA) is 12.9 Å². The molecule has 0 radical (unpaired) electrons. The number of rotatable bonds is 2. The Labute approximate surface area is 139 Å². The molecule has 21 heavy (non-hydrogen) atoms. The average molecular weight is 383 g/mol. The van der Waals surface area contributed by atoms with Crippen LogP contribution in [0.1, 0.15) is 4.88 Å². The maximum atomic E-state index is 14.0. The molecule has 1 aromatic heterocycles. The van der Waals surface area contributed by atoms with Crippen molar-refractivity contribution in [2.75, 3.05) is 0 Å². The highest BCUT2D eigenvalue weighted by molar-refractivity contribution is 9.10. The SMILES string of the molecule is Cc1sc(-c2cc(Cl)ccc2F)nc1-c1ccccc1Br. The molecule has 5 heteroatoms. The van der Waals surface area contributed by atoms with Crippen molar-refractivity contribution in [3.05, 3.63) is 62.7 Å². The van der Waals surface area contributed by atoms with E-state index in [1.807, 2.05) is 31.2 Å². The molecular formula is C16H10BrClFNS. The molecule has 3 rings (SSSR count). The maximum Gasteiger partial charge on any atom is 0.133 e. The number of nitrogens with zero attached hydrogens (tertiary/aromatic N) is 1. The van der Waals surface area contributed by atoms with E-state index in [-0.39, 0.29) is 5.82 Å². The fourth-order valence-corrected chi connectivity index (χ4v) is 3.67. The first kappa shape index (κ1) is 14.7. The van der Waals surface area contributed by atoms with Crippen LogP contribution in [0.25, 0.3) is 21.8 Å². The smallest absolute Gasteiger partial charge is 0.133 e. The highest BCUT2D eigenvalue weighted by Gasteiger charge is 2.16. The van der Waals surface area contributed by atoms with Gasteiger partial charge in [-0.25, -0.2) is 9.37 Å². The van der Waals surface area contributed by atoms with Crippen LogP contribution >= 0.6 is 38.9 Å². The molecule has 0 N–H and O–H groups in total. The van der Waals surface area contributed by atoms with Crippen LogP contribution in [-0.2, 0) is 0 Å². The molecule has 0 saturated heterocycles. The summed E-state index contributed by atoms with van der Waals surface area (Å²) in [7, 11) is 0. The van der Waals surface area contributed by atoms with Crippen LogP contribution in [0.2, 0.25) is 5.02 Å². The van der Waals surface area contributed by atoms with Crippen molar-refractivity contribution >= 4 is 38.9 Å². The first-order chi connectivity index (χ1) is 10.1. The number of thiazole rings is 1. The van der Waals surface area contributed by atoms with Crippen molar-refractivity contribution in [1.29, 1.82) is 0 Å². The van der Waals surface area contributed by atoms with E-state index in [0.29, 0.717) is 15.6 Å². The molecule has 0 unspecified atom stereocenters. The van der Waals surface area contributed by atoms with Gasteiger partial charge in [-0.05, 0) is 31.2 Å². The summed E-state index contributed by atoms with van der Waals surface area (Å²) in [6.45, 7) is 1.98. The molecule has 0 fully saturated rings. The number of aromatic nitrogens is 1. The summed E-state index contributed by atoms with van der Waals surface area (Å²) in [6.07, 6.45) is 0. The average Bonchev–Trinajstić information content (AvgIpc) is 2.84. The van der Waals surface area contributed by atoms with Crippen molar-refractivity contribution in [3.63, 3.8) is 0 Å². The summed E-state index contributed by atoms with van der Waals surface area (Å²) in [5, 5.41) is 1.14. The van der Waals surface area contributed by atoms with Gasteiger partial charge in [0.2, 0.25) is 0 Å². The van der Waals surface area contributed by atoms with E-state index in [4.69, 9.17) is 11.6 Å². The summed E-state index contributed by atoms with van der Waals surface area (Å²) >= 11 is 10.9. The van der Waals surface area contributed by atoms with E-state index < -0.39 is 0 Å². The van der Waals surface area contributed by atoms with Gasteiger partial charge < -0.3 is 0 Å². The summed E-state index contributed by atoms with van der Waals surface area (Å²) in [4.78, 5) is 5.64.